The highest BCUT2D eigenvalue weighted by atomic mass is 35.5. The van der Waals surface area contributed by atoms with Gasteiger partial charge in [0.1, 0.15) is 11.4 Å². The summed E-state index contributed by atoms with van der Waals surface area (Å²) in [6.45, 7) is 6.95. The summed E-state index contributed by atoms with van der Waals surface area (Å²) in [5.74, 6) is 1.75. The normalized spacial score (nSPS) is 32.3. The van der Waals surface area contributed by atoms with Crippen LogP contribution in [0.1, 0.15) is 55.2 Å². The summed E-state index contributed by atoms with van der Waals surface area (Å²) in [7, 11) is 3.82. The average molecular weight is 593 g/mol. The minimum Gasteiger partial charge on any atom is -0.490 e. The Morgan fingerprint density at radius 2 is 2.05 bits per heavy atom. The van der Waals surface area contributed by atoms with Crippen LogP contribution in [0.15, 0.2) is 60.8 Å². The fraction of sp³-hybridized carbons (Fsp3) is 0.543. The Morgan fingerprint density at radius 3 is 2.81 bits per heavy atom. The zero-order valence-corrected chi connectivity index (χ0v) is 25.8. The molecule has 6 nitrogen and oxygen atoms in total. The molecule has 2 aliphatic heterocycles. The van der Waals surface area contributed by atoms with Crippen molar-refractivity contribution in [1.82, 2.24) is 4.90 Å². The zero-order valence-electron chi connectivity index (χ0n) is 25.0. The molecular weight excluding hydrogens is 548 g/mol. The highest BCUT2D eigenvalue weighted by Gasteiger charge is 2.45. The smallest absolute Gasteiger partial charge is 0.142 e. The summed E-state index contributed by atoms with van der Waals surface area (Å²) in [5.41, 5.74) is 3.51. The second kappa shape index (κ2) is 11.9. The van der Waals surface area contributed by atoms with E-state index in [9.17, 15) is 10.2 Å². The van der Waals surface area contributed by atoms with Gasteiger partial charge < -0.3 is 29.5 Å². The van der Waals surface area contributed by atoms with E-state index in [0.717, 1.165) is 80.3 Å². The van der Waals surface area contributed by atoms with Gasteiger partial charge in [0, 0.05) is 56.3 Å². The summed E-state index contributed by atoms with van der Waals surface area (Å²) < 4.78 is 12.7. The number of rotatable bonds is 2. The molecule has 2 aromatic rings. The number of benzene rings is 2. The van der Waals surface area contributed by atoms with Crippen molar-refractivity contribution in [3.8, 4) is 5.75 Å². The molecule has 2 bridgehead atoms. The molecule has 4 aliphatic rings. The first-order chi connectivity index (χ1) is 20.2. The van der Waals surface area contributed by atoms with Crippen LogP contribution in [0.5, 0.6) is 5.75 Å². The summed E-state index contributed by atoms with van der Waals surface area (Å²) >= 11 is 6.44. The van der Waals surface area contributed by atoms with Crippen LogP contribution in [0.4, 0.5) is 5.69 Å². The van der Waals surface area contributed by atoms with E-state index in [4.69, 9.17) is 21.1 Å². The standard InChI is InChI=1S/C35H45ClN2O4/c1-24-19-35(40,22-39)27-10-14-33-31(18-27)38(20-26-9-12-29(26)32(41-3)8-4-5-16-37(24)2)21-34(23-42-33)15-6-7-25-17-28(36)11-13-30(25)34/h4,8,10-11,13-14,17-18,26,29,32,39-40H,1,5-7,9,12,15-16,19-23H2,2-3H3/b8-4+/t26-,29+,32-,34-,35-/m0/s1. The molecule has 0 amide bonds. The Morgan fingerprint density at radius 1 is 1.19 bits per heavy atom. The fourth-order valence-electron chi connectivity index (χ4n) is 7.72. The third-order valence-corrected chi connectivity index (χ3v) is 10.7. The number of methoxy groups -OCH3 is 1. The lowest BCUT2D eigenvalue weighted by Crippen LogP contribution is -2.49. The molecule has 42 heavy (non-hydrogen) atoms. The molecule has 2 aromatic carbocycles. The van der Waals surface area contributed by atoms with E-state index in [1.54, 1.807) is 0 Å². The van der Waals surface area contributed by atoms with Gasteiger partial charge in [-0.3, -0.25) is 0 Å². The third-order valence-electron chi connectivity index (χ3n) is 10.5. The predicted molar refractivity (Wildman–Crippen MR) is 168 cm³/mol. The number of nitrogens with zero attached hydrogens (tertiary/aromatic N) is 2. The van der Waals surface area contributed by atoms with Crippen LogP contribution in [-0.4, -0.2) is 68.2 Å². The van der Waals surface area contributed by atoms with Gasteiger partial charge in [0.15, 0.2) is 0 Å². The molecule has 2 aliphatic carbocycles. The van der Waals surface area contributed by atoms with Crippen molar-refractivity contribution in [3.05, 3.63) is 82.5 Å². The average Bonchev–Trinajstić information content (AvgIpc) is 3.12. The first-order valence-electron chi connectivity index (χ1n) is 15.5. The predicted octanol–water partition coefficient (Wildman–Crippen LogP) is 5.83. The Kier molecular flexibility index (Phi) is 8.36. The van der Waals surface area contributed by atoms with Crippen molar-refractivity contribution in [1.29, 1.82) is 0 Å². The number of halogens is 1. The molecule has 1 saturated carbocycles. The minimum absolute atomic E-state index is 0.0881. The number of hydrogen-bond acceptors (Lipinski definition) is 6. The molecule has 2 heterocycles. The molecule has 2 N–H and O–H groups in total. The van der Waals surface area contributed by atoms with Gasteiger partial charge >= 0.3 is 0 Å². The van der Waals surface area contributed by atoms with Crippen LogP contribution in [0.2, 0.25) is 5.02 Å². The lowest BCUT2D eigenvalue weighted by Gasteiger charge is -2.46. The molecule has 0 unspecified atom stereocenters. The quantitative estimate of drug-likeness (QED) is 0.428. The largest absolute Gasteiger partial charge is 0.490 e. The molecule has 0 aromatic heterocycles. The van der Waals surface area contributed by atoms with Crippen molar-refractivity contribution in [3.63, 3.8) is 0 Å². The lowest BCUT2D eigenvalue weighted by atomic mass is 9.68. The van der Waals surface area contributed by atoms with E-state index in [0.29, 0.717) is 24.0 Å². The topological polar surface area (TPSA) is 65.4 Å². The Balaban J connectivity index is 1.44. The number of hydrogen-bond donors (Lipinski definition) is 2. The first-order valence-corrected chi connectivity index (χ1v) is 15.9. The number of ether oxygens (including phenoxy) is 2. The number of aliphatic hydroxyl groups is 2. The second-order valence-corrected chi connectivity index (χ2v) is 13.5. The maximum Gasteiger partial charge on any atom is 0.142 e. The third kappa shape index (κ3) is 5.47. The molecule has 5 atom stereocenters. The van der Waals surface area contributed by atoms with Crippen molar-refractivity contribution in [2.24, 2.45) is 11.8 Å². The lowest BCUT2D eigenvalue weighted by molar-refractivity contribution is -0.0228. The summed E-state index contributed by atoms with van der Waals surface area (Å²) in [4.78, 5) is 4.58. The van der Waals surface area contributed by atoms with Crippen LogP contribution in [-0.2, 0) is 22.2 Å². The molecule has 6 rings (SSSR count). The van der Waals surface area contributed by atoms with Crippen LogP contribution < -0.4 is 9.64 Å². The highest BCUT2D eigenvalue weighted by molar-refractivity contribution is 6.30. The van der Waals surface area contributed by atoms with E-state index in [1.165, 1.54) is 11.1 Å². The Bertz CT molecular complexity index is 1350. The van der Waals surface area contributed by atoms with Gasteiger partial charge in [-0.1, -0.05) is 42.5 Å². The number of fused-ring (bicyclic) bond motifs is 4. The van der Waals surface area contributed by atoms with Crippen LogP contribution in [0.3, 0.4) is 0 Å². The number of anilines is 1. The summed E-state index contributed by atoms with van der Waals surface area (Å²) in [5, 5.41) is 23.1. The molecule has 1 spiro atoms. The van der Waals surface area contributed by atoms with Gasteiger partial charge in [-0.2, -0.15) is 0 Å². The van der Waals surface area contributed by atoms with Gasteiger partial charge in [0.25, 0.3) is 0 Å². The van der Waals surface area contributed by atoms with Gasteiger partial charge in [-0.25, -0.2) is 0 Å². The fourth-order valence-corrected chi connectivity index (χ4v) is 7.91. The molecular formula is C35H45ClN2O4. The van der Waals surface area contributed by atoms with Crippen LogP contribution >= 0.6 is 11.6 Å². The molecule has 0 radical (unpaired) electrons. The second-order valence-electron chi connectivity index (χ2n) is 13.1. The Hall–Kier alpha value is -2.51. The van der Waals surface area contributed by atoms with Gasteiger partial charge in [-0.05, 0) is 91.3 Å². The number of aliphatic hydroxyl groups excluding tert-OH is 1. The van der Waals surface area contributed by atoms with E-state index in [2.05, 4.69) is 46.7 Å². The van der Waals surface area contributed by atoms with Crippen LogP contribution in [0, 0.1) is 11.8 Å². The van der Waals surface area contributed by atoms with Crippen molar-refractivity contribution in [2.75, 3.05) is 51.9 Å². The molecule has 7 heteroatoms. The van der Waals surface area contributed by atoms with E-state index in [-0.39, 0.29) is 17.9 Å². The van der Waals surface area contributed by atoms with E-state index in [1.807, 2.05) is 32.4 Å². The summed E-state index contributed by atoms with van der Waals surface area (Å²) in [6.07, 6.45) is 11.1. The monoisotopic (exact) mass is 592 g/mol. The van der Waals surface area contributed by atoms with Gasteiger partial charge in [-0.15, -0.1) is 0 Å². The minimum atomic E-state index is -1.45. The van der Waals surface area contributed by atoms with E-state index < -0.39 is 12.2 Å². The van der Waals surface area contributed by atoms with Crippen molar-refractivity contribution >= 4 is 17.3 Å². The van der Waals surface area contributed by atoms with Gasteiger partial charge in [0.2, 0.25) is 0 Å². The Labute approximate surface area is 255 Å². The molecule has 1 fully saturated rings. The van der Waals surface area contributed by atoms with E-state index >= 15 is 0 Å². The summed E-state index contributed by atoms with van der Waals surface area (Å²) in [6, 6.07) is 12.3. The first kappa shape index (κ1) is 29.6. The maximum absolute atomic E-state index is 11.8. The highest BCUT2D eigenvalue weighted by Crippen LogP contribution is 2.47. The van der Waals surface area contributed by atoms with Crippen LogP contribution in [0.25, 0.3) is 0 Å². The molecule has 0 saturated heterocycles. The van der Waals surface area contributed by atoms with Crippen molar-refractivity contribution < 1.29 is 19.7 Å². The number of aryl methyl sites for hydroxylation is 1. The zero-order chi connectivity index (χ0) is 29.5. The maximum atomic E-state index is 11.8. The van der Waals surface area contributed by atoms with Gasteiger partial charge in [0.05, 0.1) is 25.0 Å². The van der Waals surface area contributed by atoms with Crippen molar-refractivity contribution in [2.45, 2.75) is 62.1 Å². The SMILES string of the molecule is C=C1C[C@](O)(CO)c2ccc3c(c2)N(C[C@@H]2CC[C@H]2[C@@H](OC)/C=C/CCN1C)C[C@@]1(CCCc2cc(Cl)ccc21)CO3. The molecule has 226 valence electrons.